The van der Waals surface area contributed by atoms with Gasteiger partial charge in [0.15, 0.2) is 0 Å². The predicted octanol–water partition coefficient (Wildman–Crippen LogP) is 3.92. The molecule has 1 aromatic carbocycles. The van der Waals surface area contributed by atoms with Crippen LogP contribution in [0.4, 0.5) is 5.69 Å². The van der Waals surface area contributed by atoms with Crippen molar-refractivity contribution >= 4 is 34.5 Å². The van der Waals surface area contributed by atoms with Crippen molar-refractivity contribution < 1.29 is 4.79 Å². The zero-order valence-corrected chi connectivity index (χ0v) is 13.1. The van der Waals surface area contributed by atoms with Gasteiger partial charge in [0.2, 0.25) is 5.91 Å². The standard InChI is InChI=1S/C16H17ClN2OS/c17-15-9-12-13(2-1-3-14(12)21-15)19-11-6-4-10(5-7-11)8-16(18)20/h4-7,9,13,19H,1-3,8H2,(H2,18,20). The van der Waals surface area contributed by atoms with Crippen LogP contribution in [0.1, 0.15) is 34.9 Å². The number of carbonyl (C=O) groups excluding carboxylic acids is 1. The number of carbonyl (C=O) groups is 1. The summed E-state index contributed by atoms with van der Waals surface area (Å²) < 4.78 is 0.866. The molecule has 21 heavy (non-hydrogen) atoms. The van der Waals surface area contributed by atoms with Crippen LogP contribution in [-0.2, 0) is 17.6 Å². The van der Waals surface area contributed by atoms with Gasteiger partial charge in [0.1, 0.15) is 0 Å². The van der Waals surface area contributed by atoms with E-state index in [4.69, 9.17) is 17.3 Å². The number of nitrogens with one attached hydrogen (secondary N) is 1. The Morgan fingerprint density at radius 3 is 2.86 bits per heavy atom. The van der Waals surface area contributed by atoms with E-state index in [9.17, 15) is 4.79 Å². The number of nitrogens with two attached hydrogens (primary N) is 1. The van der Waals surface area contributed by atoms with Gasteiger partial charge in [-0.2, -0.15) is 0 Å². The summed E-state index contributed by atoms with van der Waals surface area (Å²) in [6, 6.07) is 10.3. The molecule has 0 aliphatic heterocycles. The molecule has 1 aromatic heterocycles. The molecule has 5 heteroatoms. The lowest BCUT2D eigenvalue weighted by atomic mass is 9.94. The number of hydrogen-bond acceptors (Lipinski definition) is 3. The molecule has 3 nitrogen and oxygen atoms in total. The number of hydrogen-bond donors (Lipinski definition) is 2. The number of aryl methyl sites for hydroxylation is 1. The van der Waals surface area contributed by atoms with Crippen molar-refractivity contribution in [3.8, 4) is 0 Å². The molecule has 1 aliphatic rings. The van der Waals surface area contributed by atoms with E-state index in [-0.39, 0.29) is 12.3 Å². The maximum absolute atomic E-state index is 10.9. The third-order valence-corrected chi connectivity index (χ3v) is 5.10. The summed E-state index contributed by atoms with van der Waals surface area (Å²) in [5.41, 5.74) is 8.53. The highest BCUT2D eigenvalue weighted by molar-refractivity contribution is 7.16. The minimum Gasteiger partial charge on any atom is -0.378 e. The molecule has 3 N–H and O–H groups in total. The summed E-state index contributed by atoms with van der Waals surface area (Å²) in [5, 5.41) is 3.56. The lowest BCUT2D eigenvalue weighted by Gasteiger charge is -2.24. The molecule has 1 amide bonds. The summed E-state index contributed by atoms with van der Waals surface area (Å²) in [5.74, 6) is -0.305. The number of anilines is 1. The molecule has 0 radical (unpaired) electrons. The van der Waals surface area contributed by atoms with Gasteiger partial charge < -0.3 is 11.1 Å². The summed E-state index contributed by atoms with van der Waals surface area (Å²) >= 11 is 7.82. The zero-order chi connectivity index (χ0) is 14.8. The number of benzene rings is 1. The van der Waals surface area contributed by atoms with E-state index in [1.54, 1.807) is 11.3 Å². The van der Waals surface area contributed by atoms with Crippen LogP contribution < -0.4 is 11.1 Å². The van der Waals surface area contributed by atoms with E-state index >= 15 is 0 Å². The van der Waals surface area contributed by atoms with Gasteiger partial charge >= 0.3 is 0 Å². The maximum Gasteiger partial charge on any atom is 0.221 e. The molecule has 1 aliphatic carbocycles. The summed E-state index contributed by atoms with van der Waals surface area (Å²) in [6.07, 6.45) is 3.71. The monoisotopic (exact) mass is 320 g/mol. The van der Waals surface area contributed by atoms with Gasteiger partial charge in [0.05, 0.1) is 16.8 Å². The summed E-state index contributed by atoms with van der Waals surface area (Å²) in [6.45, 7) is 0. The van der Waals surface area contributed by atoms with Gasteiger partial charge in [0.25, 0.3) is 0 Å². The number of fused-ring (bicyclic) bond motifs is 1. The first-order chi connectivity index (χ1) is 10.1. The molecule has 2 aromatic rings. The Bertz CT molecular complexity index is 651. The quantitative estimate of drug-likeness (QED) is 0.897. The lowest BCUT2D eigenvalue weighted by Crippen LogP contribution is -2.16. The highest BCUT2D eigenvalue weighted by atomic mass is 35.5. The average Bonchev–Trinajstić information content (AvgIpc) is 2.82. The van der Waals surface area contributed by atoms with Gasteiger partial charge in [-0.15, -0.1) is 11.3 Å². The van der Waals surface area contributed by atoms with E-state index in [2.05, 4.69) is 11.4 Å². The molecular formula is C16H17ClN2OS. The number of amides is 1. The van der Waals surface area contributed by atoms with Crippen LogP contribution in [0.15, 0.2) is 30.3 Å². The Morgan fingerprint density at radius 2 is 2.14 bits per heavy atom. The van der Waals surface area contributed by atoms with Crippen LogP contribution in [0.3, 0.4) is 0 Å². The molecule has 1 atom stereocenters. The molecule has 0 bridgehead atoms. The van der Waals surface area contributed by atoms with Crippen molar-refractivity contribution in [1.82, 2.24) is 0 Å². The topological polar surface area (TPSA) is 55.1 Å². The van der Waals surface area contributed by atoms with E-state index < -0.39 is 0 Å². The molecular weight excluding hydrogens is 304 g/mol. The summed E-state index contributed by atoms with van der Waals surface area (Å²) in [4.78, 5) is 12.3. The van der Waals surface area contributed by atoms with Crippen molar-refractivity contribution in [3.63, 3.8) is 0 Å². The zero-order valence-electron chi connectivity index (χ0n) is 11.6. The van der Waals surface area contributed by atoms with E-state index in [0.29, 0.717) is 6.04 Å². The molecule has 0 fully saturated rings. The lowest BCUT2D eigenvalue weighted by molar-refractivity contribution is -0.117. The first kappa shape index (κ1) is 14.4. The van der Waals surface area contributed by atoms with Gasteiger partial charge in [-0.3, -0.25) is 4.79 Å². The molecule has 0 saturated heterocycles. The van der Waals surface area contributed by atoms with E-state index in [1.165, 1.54) is 16.9 Å². The number of thiophene rings is 1. The fourth-order valence-electron chi connectivity index (χ4n) is 2.79. The second-order valence-corrected chi connectivity index (χ2v) is 7.13. The smallest absolute Gasteiger partial charge is 0.221 e. The molecule has 0 spiro atoms. The largest absolute Gasteiger partial charge is 0.378 e. The van der Waals surface area contributed by atoms with Gasteiger partial charge in [-0.1, -0.05) is 23.7 Å². The predicted molar refractivity (Wildman–Crippen MR) is 88.0 cm³/mol. The van der Waals surface area contributed by atoms with E-state index in [1.807, 2.05) is 24.3 Å². The van der Waals surface area contributed by atoms with Crippen LogP contribution in [0, 0.1) is 0 Å². The van der Waals surface area contributed by atoms with Crippen LogP contribution in [-0.4, -0.2) is 5.91 Å². The van der Waals surface area contributed by atoms with Crippen molar-refractivity contribution in [2.75, 3.05) is 5.32 Å². The minimum absolute atomic E-state index is 0.286. The van der Waals surface area contributed by atoms with E-state index in [0.717, 1.165) is 28.4 Å². The number of primary amides is 1. The van der Waals surface area contributed by atoms with Crippen LogP contribution in [0.5, 0.6) is 0 Å². The summed E-state index contributed by atoms with van der Waals surface area (Å²) in [7, 11) is 0. The SMILES string of the molecule is NC(=O)Cc1ccc(NC2CCCc3sc(Cl)cc32)cc1. The van der Waals surface area contributed by atoms with Gasteiger partial charge in [-0.25, -0.2) is 0 Å². The normalized spacial score (nSPS) is 17.3. The Kier molecular flexibility index (Phi) is 4.17. The Hall–Kier alpha value is -1.52. The van der Waals surface area contributed by atoms with Crippen molar-refractivity contribution in [2.24, 2.45) is 5.73 Å². The van der Waals surface area contributed by atoms with Crippen molar-refractivity contribution in [3.05, 3.63) is 50.7 Å². The highest BCUT2D eigenvalue weighted by Crippen LogP contribution is 2.39. The fourth-order valence-corrected chi connectivity index (χ4v) is 4.18. The molecule has 0 saturated carbocycles. The second kappa shape index (κ2) is 6.08. The Labute approximate surface area is 133 Å². The van der Waals surface area contributed by atoms with Crippen LogP contribution in [0.2, 0.25) is 4.34 Å². The minimum atomic E-state index is -0.305. The number of rotatable bonds is 4. The van der Waals surface area contributed by atoms with Gasteiger partial charge in [0, 0.05) is 10.6 Å². The maximum atomic E-state index is 10.9. The fraction of sp³-hybridized carbons (Fsp3) is 0.312. The molecule has 3 rings (SSSR count). The molecule has 110 valence electrons. The second-order valence-electron chi connectivity index (χ2n) is 5.36. The van der Waals surface area contributed by atoms with Crippen molar-refractivity contribution in [1.29, 1.82) is 0 Å². The van der Waals surface area contributed by atoms with Crippen LogP contribution in [0.25, 0.3) is 0 Å². The van der Waals surface area contributed by atoms with Crippen molar-refractivity contribution in [2.45, 2.75) is 31.7 Å². The molecule has 1 heterocycles. The first-order valence-corrected chi connectivity index (χ1v) is 8.23. The Balaban J connectivity index is 1.74. The first-order valence-electron chi connectivity index (χ1n) is 7.04. The third kappa shape index (κ3) is 3.39. The van der Waals surface area contributed by atoms with Gasteiger partial charge in [-0.05, 0) is 48.6 Å². The third-order valence-electron chi connectivity index (χ3n) is 3.76. The average molecular weight is 321 g/mol. The molecule has 1 unspecified atom stereocenters. The number of halogens is 1. The van der Waals surface area contributed by atoms with Crippen LogP contribution >= 0.6 is 22.9 Å². The Morgan fingerprint density at radius 1 is 1.38 bits per heavy atom. The highest BCUT2D eigenvalue weighted by Gasteiger charge is 2.22.